The molecule has 4 aromatic heterocycles. The Kier molecular flexibility index (Phi) is 8.96. The lowest BCUT2D eigenvalue weighted by Gasteiger charge is -2.14. The van der Waals surface area contributed by atoms with Crippen molar-refractivity contribution in [2.75, 3.05) is 0 Å². The summed E-state index contributed by atoms with van der Waals surface area (Å²) in [5.41, 5.74) is -0.126. The largest absolute Gasteiger partial charge is 0.454 e. The number of aromatic nitrogens is 2. The smallest absolute Gasteiger partial charge is 0.422 e. The zero-order valence-electron chi connectivity index (χ0n) is 31.8. The van der Waals surface area contributed by atoms with E-state index in [1.54, 1.807) is 12.1 Å². The fraction of sp³-hybridized carbons (Fsp3) is 0.0417. The number of nitrogens with zero attached hydrogens (tertiary/aromatic N) is 2. The van der Waals surface area contributed by atoms with Crippen LogP contribution in [0.25, 0.3) is 99.8 Å². The van der Waals surface area contributed by atoms with Crippen LogP contribution in [0.4, 0.5) is 48.3 Å². The number of hydrogen-bond acceptors (Lipinski definition) is 4. The molecule has 0 aliphatic heterocycles. The van der Waals surface area contributed by atoms with Crippen LogP contribution in [0.2, 0.25) is 0 Å². The van der Waals surface area contributed by atoms with E-state index in [0.29, 0.717) is 38.8 Å². The monoisotopic (exact) mass is 866 g/mol. The molecule has 0 saturated carbocycles. The van der Waals surface area contributed by atoms with Gasteiger partial charge in [0, 0.05) is 39.9 Å². The maximum atomic E-state index is 14.9. The molecule has 0 atom stereocenters. The first-order valence-electron chi connectivity index (χ1n) is 18.7. The van der Waals surface area contributed by atoms with Crippen LogP contribution in [-0.2, 0) is 6.18 Å². The average Bonchev–Trinajstić information content (AvgIpc) is 3.85. The number of rotatable bonds is 5. The van der Waals surface area contributed by atoms with Crippen LogP contribution in [0.5, 0.6) is 0 Å². The standard InChI is InChI=1S/C48H21F11N2O2/c1-20-36(49)38(51)33(39(52)37(20)50)25-10-12-31-29(18-25)44-46(62-31)27(14-16-60-44)23-6-2-21(3-7-23)22-4-8-24(9-5-22)28-15-17-61-45-30-19-26(11-13-32(30)63-47(28)45)34-40(53)42(55)35(48(57,58)59)43(56)41(34)54/h2-19H,1H3. The van der Waals surface area contributed by atoms with Crippen molar-refractivity contribution in [1.29, 1.82) is 0 Å². The summed E-state index contributed by atoms with van der Waals surface area (Å²) in [4.78, 5) is 8.76. The summed E-state index contributed by atoms with van der Waals surface area (Å²) in [6.07, 6.45) is -2.69. The van der Waals surface area contributed by atoms with Gasteiger partial charge in [0.15, 0.2) is 57.7 Å². The lowest BCUT2D eigenvalue weighted by atomic mass is 9.97. The van der Waals surface area contributed by atoms with Gasteiger partial charge in [-0.05, 0) is 76.7 Å². The Morgan fingerprint density at radius 3 is 1.14 bits per heavy atom. The molecular weight excluding hydrogens is 846 g/mol. The SMILES string of the molecule is Cc1c(F)c(F)c(-c2ccc3oc4c(-c5ccc(-c6ccc(-c7ccnc8c7oc7ccc(-c9c(F)c(F)c(C(F)(F)F)c(F)c9F)cc78)cc6)cc5)ccnc4c3c2)c(F)c1F. The maximum absolute atomic E-state index is 14.9. The third kappa shape index (κ3) is 6.12. The summed E-state index contributed by atoms with van der Waals surface area (Å²) < 4.78 is 169. The normalized spacial score (nSPS) is 12.1. The summed E-state index contributed by atoms with van der Waals surface area (Å²) in [5, 5.41) is 0.554. The van der Waals surface area contributed by atoms with Gasteiger partial charge in [0.05, 0.1) is 11.1 Å². The number of halogens is 11. The first kappa shape index (κ1) is 39.6. The van der Waals surface area contributed by atoms with E-state index in [1.165, 1.54) is 36.7 Å². The van der Waals surface area contributed by atoms with Crippen LogP contribution in [0.15, 0.2) is 118 Å². The van der Waals surface area contributed by atoms with Crippen LogP contribution in [0.3, 0.4) is 0 Å². The molecule has 6 aromatic carbocycles. The van der Waals surface area contributed by atoms with Crippen LogP contribution in [0.1, 0.15) is 11.1 Å². The first-order valence-corrected chi connectivity index (χ1v) is 18.7. The maximum Gasteiger partial charge on any atom is 0.422 e. The lowest BCUT2D eigenvalue weighted by molar-refractivity contribution is -0.143. The quantitative estimate of drug-likeness (QED) is 0.128. The van der Waals surface area contributed by atoms with E-state index in [2.05, 4.69) is 9.97 Å². The molecule has 0 radical (unpaired) electrons. The molecule has 4 nitrogen and oxygen atoms in total. The summed E-state index contributed by atoms with van der Waals surface area (Å²) in [7, 11) is 0. The van der Waals surface area contributed by atoms with Crippen molar-refractivity contribution in [2.24, 2.45) is 0 Å². The highest BCUT2D eigenvalue weighted by Crippen LogP contribution is 2.43. The topological polar surface area (TPSA) is 52.1 Å². The third-order valence-electron chi connectivity index (χ3n) is 11.0. The molecule has 10 aromatic rings. The van der Waals surface area contributed by atoms with Crippen molar-refractivity contribution < 1.29 is 57.1 Å². The van der Waals surface area contributed by atoms with Crippen molar-refractivity contribution >= 4 is 44.1 Å². The molecule has 0 bridgehead atoms. The molecule has 63 heavy (non-hydrogen) atoms. The number of pyridine rings is 2. The molecule has 0 saturated heterocycles. The Hall–Kier alpha value is -7.55. The minimum absolute atomic E-state index is 0.104. The van der Waals surface area contributed by atoms with E-state index < -0.39 is 80.5 Å². The highest BCUT2D eigenvalue weighted by Gasteiger charge is 2.42. The fourth-order valence-corrected chi connectivity index (χ4v) is 7.89. The van der Waals surface area contributed by atoms with Crippen LogP contribution < -0.4 is 0 Å². The predicted octanol–water partition coefficient (Wildman–Crippen LogP) is 15.1. The van der Waals surface area contributed by atoms with Gasteiger partial charge in [-0.1, -0.05) is 60.7 Å². The van der Waals surface area contributed by atoms with E-state index in [4.69, 9.17) is 8.83 Å². The Labute approximate surface area is 346 Å². The van der Waals surface area contributed by atoms with Gasteiger partial charge >= 0.3 is 6.18 Å². The minimum Gasteiger partial charge on any atom is -0.454 e. The number of fused-ring (bicyclic) bond motifs is 6. The van der Waals surface area contributed by atoms with E-state index in [9.17, 15) is 48.3 Å². The third-order valence-corrected chi connectivity index (χ3v) is 11.0. The highest BCUT2D eigenvalue weighted by atomic mass is 19.4. The number of furan rings is 2. The predicted molar refractivity (Wildman–Crippen MR) is 213 cm³/mol. The molecule has 0 unspecified atom stereocenters. The van der Waals surface area contributed by atoms with Gasteiger partial charge in [0.1, 0.15) is 27.8 Å². The van der Waals surface area contributed by atoms with E-state index >= 15 is 0 Å². The van der Waals surface area contributed by atoms with Crippen LogP contribution >= 0.6 is 0 Å². The zero-order valence-corrected chi connectivity index (χ0v) is 31.8. The summed E-state index contributed by atoms with van der Waals surface area (Å²) >= 11 is 0. The van der Waals surface area contributed by atoms with Crippen molar-refractivity contribution in [3.05, 3.63) is 167 Å². The fourth-order valence-electron chi connectivity index (χ4n) is 7.89. The molecule has 0 N–H and O–H groups in total. The van der Waals surface area contributed by atoms with Crippen molar-refractivity contribution in [3.8, 4) is 55.6 Å². The van der Waals surface area contributed by atoms with Crippen molar-refractivity contribution in [3.63, 3.8) is 0 Å². The van der Waals surface area contributed by atoms with Gasteiger partial charge in [0.25, 0.3) is 0 Å². The molecule has 0 aliphatic rings. The molecule has 0 fully saturated rings. The summed E-state index contributed by atoms with van der Waals surface area (Å²) in [5.74, 6) is -15.5. The Morgan fingerprint density at radius 1 is 0.413 bits per heavy atom. The number of benzene rings is 6. The second-order valence-electron chi connectivity index (χ2n) is 14.6. The average molecular weight is 867 g/mol. The molecule has 0 spiro atoms. The van der Waals surface area contributed by atoms with E-state index in [-0.39, 0.29) is 27.6 Å². The van der Waals surface area contributed by atoms with E-state index in [0.717, 1.165) is 35.7 Å². The number of alkyl halides is 3. The van der Waals surface area contributed by atoms with Gasteiger partial charge in [-0.3, -0.25) is 9.97 Å². The van der Waals surface area contributed by atoms with Gasteiger partial charge in [0.2, 0.25) is 0 Å². The van der Waals surface area contributed by atoms with Crippen LogP contribution in [0, 0.1) is 53.5 Å². The van der Waals surface area contributed by atoms with Crippen molar-refractivity contribution in [1.82, 2.24) is 9.97 Å². The van der Waals surface area contributed by atoms with Gasteiger partial charge in [-0.15, -0.1) is 0 Å². The Morgan fingerprint density at radius 2 is 0.762 bits per heavy atom. The second kappa shape index (κ2) is 14.3. The molecule has 312 valence electrons. The molecule has 0 aliphatic carbocycles. The van der Waals surface area contributed by atoms with E-state index in [1.807, 2.05) is 48.5 Å². The van der Waals surface area contributed by atoms with Gasteiger partial charge < -0.3 is 8.83 Å². The van der Waals surface area contributed by atoms with Gasteiger partial charge in [-0.25, -0.2) is 35.1 Å². The summed E-state index contributed by atoms with van der Waals surface area (Å²) in [6.45, 7) is 0.946. The second-order valence-corrected chi connectivity index (χ2v) is 14.6. The lowest BCUT2D eigenvalue weighted by Crippen LogP contribution is -2.16. The number of hydrogen-bond donors (Lipinski definition) is 0. The first-order chi connectivity index (χ1) is 30.1. The van der Waals surface area contributed by atoms with Gasteiger partial charge in [-0.2, -0.15) is 13.2 Å². The zero-order chi connectivity index (χ0) is 44.2. The molecule has 4 heterocycles. The van der Waals surface area contributed by atoms with Crippen molar-refractivity contribution in [2.45, 2.75) is 13.1 Å². The summed E-state index contributed by atoms with van der Waals surface area (Å²) in [6, 6.07) is 25.8. The Balaban J connectivity index is 0.952. The Bertz CT molecular complexity index is 3480. The molecule has 10 rings (SSSR count). The molecule has 0 amide bonds. The van der Waals surface area contributed by atoms with Crippen LogP contribution in [-0.4, -0.2) is 9.97 Å². The molecule has 15 heteroatoms. The minimum atomic E-state index is -5.68. The molecular formula is C48H21F11N2O2. The highest BCUT2D eigenvalue weighted by molar-refractivity contribution is 6.09.